The zero-order valence-corrected chi connectivity index (χ0v) is 19.3. The zero-order valence-electron chi connectivity index (χ0n) is 17.0. The molecule has 2 aromatic rings. The molecule has 150 valence electrons. The minimum absolute atomic E-state index is 0. The topological polar surface area (TPSA) is 65.7 Å². The fourth-order valence-electron chi connectivity index (χ4n) is 2.93. The summed E-state index contributed by atoms with van der Waals surface area (Å²) in [6.45, 7) is 6.49. The molecular formula is C20H32IN5O. The molecule has 0 aliphatic rings. The second kappa shape index (κ2) is 12.0. The van der Waals surface area contributed by atoms with Crippen LogP contribution in [0.15, 0.2) is 33.8 Å². The van der Waals surface area contributed by atoms with Gasteiger partial charge in [-0.15, -0.1) is 24.0 Å². The summed E-state index contributed by atoms with van der Waals surface area (Å²) in [6.07, 6.45) is 1.71. The van der Waals surface area contributed by atoms with Crippen LogP contribution in [0.4, 0.5) is 0 Å². The van der Waals surface area contributed by atoms with Crippen LogP contribution in [0.25, 0.3) is 0 Å². The van der Waals surface area contributed by atoms with Gasteiger partial charge < -0.3 is 20.1 Å². The Morgan fingerprint density at radius 3 is 2.33 bits per heavy atom. The molecule has 0 aliphatic heterocycles. The van der Waals surface area contributed by atoms with Gasteiger partial charge in [0.05, 0.1) is 5.69 Å². The number of aryl methyl sites for hydroxylation is 2. The van der Waals surface area contributed by atoms with Gasteiger partial charge in [0.1, 0.15) is 5.76 Å². The summed E-state index contributed by atoms with van der Waals surface area (Å²) in [6, 6.07) is 8.49. The summed E-state index contributed by atoms with van der Waals surface area (Å²) in [7, 11) is 5.96. The predicted molar refractivity (Wildman–Crippen MR) is 122 cm³/mol. The SMILES string of the molecule is CCc1noc(CC)c1CNC(=NC)NCc1ccccc1CN(C)C.I. The highest BCUT2D eigenvalue weighted by Gasteiger charge is 2.13. The van der Waals surface area contributed by atoms with E-state index in [1.807, 2.05) is 0 Å². The van der Waals surface area contributed by atoms with E-state index in [2.05, 4.69) is 77.9 Å². The van der Waals surface area contributed by atoms with Gasteiger partial charge in [0.15, 0.2) is 5.96 Å². The van der Waals surface area contributed by atoms with Crippen LogP contribution in [-0.4, -0.2) is 37.2 Å². The van der Waals surface area contributed by atoms with Crippen molar-refractivity contribution in [3.8, 4) is 0 Å². The summed E-state index contributed by atoms with van der Waals surface area (Å²) in [5, 5.41) is 10.9. The minimum Gasteiger partial charge on any atom is -0.361 e. The number of aliphatic imine (C=N–C) groups is 1. The maximum atomic E-state index is 5.43. The Morgan fingerprint density at radius 2 is 1.74 bits per heavy atom. The molecule has 0 atom stereocenters. The van der Waals surface area contributed by atoms with Gasteiger partial charge in [-0.3, -0.25) is 4.99 Å². The number of halogens is 1. The fourth-order valence-corrected chi connectivity index (χ4v) is 2.93. The van der Waals surface area contributed by atoms with Crippen molar-refractivity contribution in [3.63, 3.8) is 0 Å². The number of hydrogen-bond donors (Lipinski definition) is 2. The first-order valence-corrected chi connectivity index (χ1v) is 9.21. The molecule has 2 N–H and O–H groups in total. The third-order valence-corrected chi connectivity index (χ3v) is 4.31. The van der Waals surface area contributed by atoms with E-state index in [0.717, 1.165) is 48.9 Å². The summed E-state index contributed by atoms with van der Waals surface area (Å²) < 4.78 is 5.43. The van der Waals surface area contributed by atoms with Crippen molar-refractivity contribution >= 4 is 29.9 Å². The van der Waals surface area contributed by atoms with Crippen molar-refractivity contribution in [2.45, 2.75) is 46.3 Å². The monoisotopic (exact) mass is 485 g/mol. The highest BCUT2D eigenvalue weighted by atomic mass is 127. The Kier molecular flexibility index (Phi) is 10.4. The first-order valence-electron chi connectivity index (χ1n) is 9.21. The van der Waals surface area contributed by atoms with Gasteiger partial charge in [-0.05, 0) is 31.6 Å². The Balaban J connectivity index is 0.00000364. The van der Waals surface area contributed by atoms with E-state index in [1.165, 1.54) is 11.1 Å². The molecule has 27 heavy (non-hydrogen) atoms. The highest BCUT2D eigenvalue weighted by Crippen LogP contribution is 2.15. The smallest absolute Gasteiger partial charge is 0.191 e. The first kappa shape index (κ1) is 23.4. The molecule has 6 nitrogen and oxygen atoms in total. The van der Waals surface area contributed by atoms with Crippen molar-refractivity contribution in [2.75, 3.05) is 21.1 Å². The molecular weight excluding hydrogens is 453 g/mol. The van der Waals surface area contributed by atoms with Crippen LogP contribution in [0.3, 0.4) is 0 Å². The third kappa shape index (κ3) is 6.80. The standard InChI is InChI=1S/C20H31N5O.HI/c1-6-18-17(19(7-2)26-24-18)13-23-20(21-3)22-12-15-10-8-9-11-16(15)14-25(4)5;/h8-11H,6-7,12-14H2,1-5H3,(H2,21,22,23);1H. The maximum Gasteiger partial charge on any atom is 0.191 e. The van der Waals surface area contributed by atoms with E-state index in [9.17, 15) is 0 Å². The zero-order chi connectivity index (χ0) is 18.9. The Bertz CT molecular complexity index is 705. The number of hydrogen-bond acceptors (Lipinski definition) is 4. The summed E-state index contributed by atoms with van der Waals surface area (Å²) in [5.74, 6) is 1.72. The van der Waals surface area contributed by atoms with E-state index in [4.69, 9.17) is 4.52 Å². The second-order valence-corrected chi connectivity index (χ2v) is 6.52. The van der Waals surface area contributed by atoms with Gasteiger partial charge in [0.2, 0.25) is 0 Å². The quantitative estimate of drug-likeness (QED) is 0.341. The molecule has 1 heterocycles. The van der Waals surface area contributed by atoms with E-state index in [0.29, 0.717) is 6.54 Å². The van der Waals surface area contributed by atoms with Gasteiger partial charge in [0.25, 0.3) is 0 Å². The molecule has 0 saturated carbocycles. The van der Waals surface area contributed by atoms with E-state index in [-0.39, 0.29) is 24.0 Å². The lowest BCUT2D eigenvalue weighted by atomic mass is 10.1. The molecule has 2 rings (SSSR count). The van der Waals surface area contributed by atoms with Crippen molar-refractivity contribution in [3.05, 3.63) is 52.4 Å². The maximum absolute atomic E-state index is 5.43. The molecule has 1 aromatic heterocycles. The Morgan fingerprint density at radius 1 is 1.07 bits per heavy atom. The average molecular weight is 485 g/mol. The number of guanidine groups is 1. The number of rotatable bonds is 8. The van der Waals surface area contributed by atoms with Crippen LogP contribution in [-0.2, 0) is 32.5 Å². The molecule has 0 fully saturated rings. The van der Waals surface area contributed by atoms with Crippen LogP contribution in [0, 0.1) is 0 Å². The van der Waals surface area contributed by atoms with Crippen molar-refractivity contribution in [1.82, 2.24) is 20.7 Å². The Hall–Kier alpha value is -1.61. The molecule has 7 heteroatoms. The van der Waals surface area contributed by atoms with Crippen LogP contribution >= 0.6 is 24.0 Å². The second-order valence-electron chi connectivity index (χ2n) is 6.52. The van der Waals surface area contributed by atoms with Gasteiger partial charge in [-0.1, -0.05) is 43.3 Å². The number of benzene rings is 1. The van der Waals surface area contributed by atoms with Crippen LogP contribution < -0.4 is 10.6 Å². The van der Waals surface area contributed by atoms with Crippen LogP contribution in [0.2, 0.25) is 0 Å². The van der Waals surface area contributed by atoms with Gasteiger partial charge in [-0.2, -0.15) is 0 Å². The normalized spacial score (nSPS) is 11.4. The number of aromatic nitrogens is 1. The Labute approximate surface area is 179 Å². The number of nitrogens with one attached hydrogen (secondary N) is 2. The largest absolute Gasteiger partial charge is 0.361 e. The first-order chi connectivity index (χ1) is 12.6. The molecule has 0 radical (unpaired) electrons. The lowest BCUT2D eigenvalue weighted by molar-refractivity contribution is 0.380. The predicted octanol–water partition coefficient (Wildman–Crippen LogP) is 3.34. The molecule has 0 aliphatic carbocycles. The number of nitrogens with zero attached hydrogens (tertiary/aromatic N) is 3. The third-order valence-electron chi connectivity index (χ3n) is 4.31. The fraction of sp³-hybridized carbons (Fsp3) is 0.500. The van der Waals surface area contributed by atoms with E-state index in [1.54, 1.807) is 7.05 Å². The molecule has 0 bridgehead atoms. The van der Waals surface area contributed by atoms with Crippen molar-refractivity contribution < 1.29 is 4.52 Å². The summed E-state index contributed by atoms with van der Waals surface area (Å²) >= 11 is 0. The van der Waals surface area contributed by atoms with Gasteiger partial charge in [0, 0.05) is 38.7 Å². The molecule has 0 unspecified atom stereocenters. The summed E-state index contributed by atoms with van der Waals surface area (Å²) in [5.41, 5.74) is 4.76. The van der Waals surface area contributed by atoms with Crippen LogP contribution in [0.1, 0.15) is 42.0 Å². The van der Waals surface area contributed by atoms with Crippen molar-refractivity contribution in [2.24, 2.45) is 4.99 Å². The molecule has 0 amide bonds. The minimum atomic E-state index is 0. The molecule has 0 saturated heterocycles. The molecule has 1 aromatic carbocycles. The summed E-state index contributed by atoms with van der Waals surface area (Å²) in [4.78, 5) is 6.51. The van der Waals surface area contributed by atoms with E-state index >= 15 is 0 Å². The highest BCUT2D eigenvalue weighted by molar-refractivity contribution is 14.0. The molecule has 0 spiro atoms. The van der Waals surface area contributed by atoms with E-state index < -0.39 is 0 Å². The average Bonchev–Trinajstić information content (AvgIpc) is 3.04. The lowest BCUT2D eigenvalue weighted by Gasteiger charge is -2.16. The van der Waals surface area contributed by atoms with Gasteiger partial charge >= 0.3 is 0 Å². The van der Waals surface area contributed by atoms with Gasteiger partial charge in [-0.25, -0.2) is 0 Å². The van der Waals surface area contributed by atoms with Crippen molar-refractivity contribution in [1.29, 1.82) is 0 Å². The lowest BCUT2D eigenvalue weighted by Crippen LogP contribution is -2.36. The van der Waals surface area contributed by atoms with Crippen LogP contribution in [0.5, 0.6) is 0 Å².